The predicted octanol–water partition coefficient (Wildman–Crippen LogP) is 2.17. The number of allylic oxidation sites excluding steroid dienone is 1. The number of hydrogen-bond acceptors (Lipinski definition) is 4. The summed E-state index contributed by atoms with van der Waals surface area (Å²) in [6, 6.07) is 5.73. The Bertz CT molecular complexity index is 434. The molecule has 0 aliphatic carbocycles. The Morgan fingerprint density at radius 2 is 1.94 bits per heavy atom. The fourth-order valence-electron chi connectivity index (χ4n) is 1.28. The van der Waals surface area contributed by atoms with Gasteiger partial charge in [-0.15, -0.1) is 0 Å². The van der Waals surface area contributed by atoms with Crippen LogP contribution in [0, 0.1) is 10.1 Å². The van der Waals surface area contributed by atoms with Gasteiger partial charge in [-0.05, 0) is 24.6 Å². The quantitative estimate of drug-likeness (QED) is 0.339. The van der Waals surface area contributed by atoms with Crippen molar-refractivity contribution in [2.24, 2.45) is 0 Å². The van der Waals surface area contributed by atoms with Gasteiger partial charge in [-0.1, -0.05) is 6.08 Å². The second-order valence-electron chi connectivity index (χ2n) is 3.00. The maximum absolute atomic E-state index is 11.3. The van der Waals surface area contributed by atoms with Gasteiger partial charge in [0.15, 0.2) is 0 Å². The molecule has 16 heavy (non-hydrogen) atoms. The Morgan fingerprint density at radius 1 is 1.38 bits per heavy atom. The van der Waals surface area contributed by atoms with Gasteiger partial charge in [0.1, 0.15) is 0 Å². The molecule has 5 nitrogen and oxygen atoms in total. The van der Waals surface area contributed by atoms with Crippen molar-refractivity contribution in [1.82, 2.24) is 0 Å². The topological polar surface area (TPSA) is 69.4 Å². The zero-order valence-electron chi connectivity index (χ0n) is 8.97. The molecule has 0 heterocycles. The highest BCUT2D eigenvalue weighted by atomic mass is 16.6. The fourth-order valence-corrected chi connectivity index (χ4v) is 1.28. The number of ether oxygens (including phenoxy) is 1. The Labute approximate surface area is 92.5 Å². The van der Waals surface area contributed by atoms with Gasteiger partial charge in [-0.2, -0.15) is 0 Å². The first-order chi connectivity index (χ1) is 7.60. The van der Waals surface area contributed by atoms with E-state index in [0.29, 0.717) is 11.1 Å². The lowest BCUT2D eigenvalue weighted by Crippen LogP contribution is -2.03. The molecule has 0 saturated carbocycles. The molecule has 0 radical (unpaired) electrons. The van der Waals surface area contributed by atoms with Crippen molar-refractivity contribution in [3.05, 3.63) is 46.0 Å². The molecular weight excluding hydrogens is 210 g/mol. The van der Waals surface area contributed by atoms with Crippen molar-refractivity contribution in [3.63, 3.8) is 0 Å². The summed E-state index contributed by atoms with van der Waals surface area (Å²) in [5.41, 5.74) is 0.974. The zero-order valence-corrected chi connectivity index (χ0v) is 8.97. The van der Waals surface area contributed by atoms with Crippen LogP contribution >= 0.6 is 0 Å². The van der Waals surface area contributed by atoms with E-state index in [1.54, 1.807) is 13.0 Å². The van der Waals surface area contributed by atoms with Crippen molar-refractivity contribution < 1.29 is 14.5 Å². The van der Waals surface area contributed by atoms with E-state index < -0.39 is 10.9 Å². The molecule has 0 aromatic heterocycles. The molecule has 0 aliphatic heterocycles. The normalized spacial score (nSPS) is 11.0. The van der Waals surface area contributed by atoms with Gasteiger partial charge in [0.25, 0.3) is 5.69 Å². The number of carbonyl (C=O) groups excluding carboxylic acids is 1. The number of hydrogen-bond donors (Lipinski definition) is 0. The molecule has 0 fully saturated rings. The van der Waals surface area contributed by atoms with Crippen molar-refractivity contribution in [2.45, 2.75) is 6.92 Å². The molecule has 1 aromatic carbocycles. The lowest BCUT2D eigenvalue weighted by molar-refractivity contribution is -0.384. The number of benzene rings is 1. The van der Waals surface area contributed by atoms with E-state index in [4.69, 9.17) is 0 Å². The highest BCUT2D eigenvalue weighted by Gasteiger charge is 2.12. The van der Waals surface area contributed by atoms with E-state index in [9.17, 15) is 14.9 Å². The highest BCUT2D eigenvalue weighted by Crippen LogP contribution is 2.19. The van der Waals surface area contributed by atoms with Gasteiger partial charge in [-0.25, -0.2) is 4.79 Å². The van der Waals surface area contributed by atoms with Crippen molar-refractivity contribution in [1.29, 1.82) is 0 Å². The molecule has 0 atom stereocenters. The first-order valence-corrected chi connectivity index (χ1v) is 4.59. The SMILES string of the molecule is C/C=C(\C(=O)OC)c1ccc([N+](=O)[O-])cc1. The third kappa shape index (κ3) is 2.44. The molecule has 5 heteroatoms. The van der Waals surface area contributed by atoms with Crippen LogP contribution in [0.15, 0.2) is 30.3 Å². The van der Waals surface area contributed by atoms with Crippen LogP contribution < -0.4 is 0 Å². The second kappa shape index (κ2) is 5.06. The number of nitro groups is 1. The highest BCUT2D eigenvalue weighted by molar-refractivity contribution is 6.16. The average Bonchev–Trinajstić information content (AvgIpc) is 2.30. The minimum atomic E-state index is -0.489. The van der Waals surface area contributed by atoms with Crippen LogP contribution in [0.25, 0.3) is 5.57 Å². The standard InChI is InChI=1S/C11H11NO4/c1-3-10(11(13)16-2)8-4-6-9(7-5-8)12(14)15/h3-7H,1-2H3/b10-3-. The predicted molar refractivity (Wildman–Crippen MR) is 58.8 cm³/mol. The van der Waals surface area contributed by atoms with Crippen molar-refractivity contribution in [3.8, 4) is 0 Å². The first kappa shape index (κ1) is 11.9. The molecule has 0 spiro atoms. The summed E-state index contributed by atoms with van der Waals surface area (Å²) >= 11 is 0. The van der Waals surface area contributed by atoms with Crippen LogP contribution in [0.4, 0.5) is 5.69 Å². The third-order valence-electron chi connectivity index (χ3n) is 2.08. The third-order valence-corrected chi connectivity index (χ3v) is 2.08. The summed E-state index contributed by atoms with van der Waals surface area (Å²) in [6.45, 7) is 1.70. The number of rotatable bonds is 3. The Kier molecular flexibility index (Phi) is 3.77. The fraction of sp³-hybridized carbons (Fsp3) is 0.182. The number of methoxy groups -OCH3 is 1. The molecular formula is C11H11NO4. The van der Waals surface area contributed by atoms with Gasteiger partial charge < -0.3 is 4.74 Å². The van der Waals surface area contributed by atoms with E-state index in [1.165, 1.54) is 31.4 Å². The molecule has 0 amide bonds. The largest absolute Gasteiger partial charge is 0.465 e. The summed E-state index contributed by atoms with van der Waals surface area (Å²) in [5.74, 6) is -0.462. The maximum atomic E-state index is 11.3. The summed E-state index contributed by atoms with van der Waals surface area (Å²) in [4.78, 5) is 21.3. The molecule has 0 unspecified atom stereocenters. The maximum Gasteiger partial charge on any atom is 0.338 e. The average molecular weight is 221 g/mol. The van der Waals surface area contributed by atoms with Crippen LogP contribution in [-0.2, 0) is 9.53 Å². The second-order valence-corrected chi connectivity index (χ2v) is 3.00. The molecule has 0 N–H and O–H groups in total. The van der Waals surface area contributed by atoms with Crippen LogP contribution in [0.3, 0.4) is 0 Å². The van der Waals surface area contributed by atoms with Crippen LogP contribution in [0.5, 0.6) is 0 Å². The molecule has 1 rings (SSSR count). The van der Waals surface area contributed by atoms with Crippen LogP contribution in [-0.4, -0.2) is 18.0 Å². The number of non-ortho nitro benzene ring substituents is 1. The Morgan fingerprint density at radius 3 is 2.31 bits per heavy atom. The van der Waals surface area contributed by atoms with E-state index in [1.807, 2.05) is 0 Å². The summed E-state index contributed by atoms with van der Waals surface area (Å²) < 4.78 is 4.59. The van der Waals surface area contributed by atoms with Gasteiger partial charge >= 0.3 is 5.97 Å². The summed E-state index contributed by atoms with van der Waals surface area (Å²) in [5, 5.41) is 10.4. The van der Waals surface area contributed by atoms with Gasteiger partial charge in [0, 0.05) is 12.1 Å². The van der Waals surface area contributed by atoms with Crippen molar-refractivity contribution in [2.75, 3.05) is 7.11 Å². The smallest absolute Gasteiger partial charge is 0.338 e. The molecule has 0 bridgehead atoms. The van der Waals surface area contributed by atoms with Gasteiger partial charge in [-0.3, -0.25) is 10.1 Å². The first-order valence-electron chi connectivity index (χ1n) is 4.59. The molecule has 0 saturated heterocycles. The van der Waals surface area contributed by atoms with Gasteiger partial charge in [0.05, 0.1) is 17.6 Å². The minimum Gasteiger partial charge on any atom is -0.465 e. The Balaban J connectivity index is 3.05. The van der Waals surface area contributed by atoms with Crippen molar-refractivity contribution >= 4 is 17.2 Å². The van der Waals surface area contributed by atoms with Gasteiger partial charge in [0.2, 0.25) is 0 Å². The zero-order chi connectivity index (χ0) is 12.1. The van der Waals surface area contributed by atoms with E-state index in [0.717, 1.165) is 0 Å². The summed E-state index contributed by atoms with van der Waals surface area (Å²) in [7, 11) is 1.29. The molecule has 1 aromatic rings. The number of carbonyl (C=O) groups is 1. The minimum absolute atomic E-state index is 0.0101. The lowest BCUT2D eigenvalue weighted by atomic mass is 10.1. The van der Waals surface area contributed by atoms with Crippen LogP contribution in [0.2, 0.25) is 0 Å². The number of esters is 1. The van der Waals surface area contributed by atoms with E-state index in [-0.39, 0.29) is 5.69 Å². The van der Waals surface area contributed by atoms with E-state index >= 15 is 0 Å². The number of nitrogens with zero attached hydrogens (tertiary/aromatic N) is 1. The monoisotopic (exact) mass is 221 g/mol. The Hall–Kier alpha value is -2.17. The number of nitro benzene ring substituents is 1. The molecule has 84 valence electrons. The molecule has 0 aliphatic rings. The summed E-state index contributed by atoms with van der Waals surface area (Å²) in [6.07, 6.45) is 1.60. The van der Waals surface area contributed by atoms with Crippen LogP contribution in [0.1, 0.15) is 12.5 Å². The lowest BCUT2D eigenvalue weighted by Gasteiger charge is -2.04. The van der Waals surface area contributed by atoms with E-state index in [2.05, 4.69) is 4.74 Å².